The van der Waals surface area contributed by atoms with Crippen LogP contribution in [0.2, 0.25) is 0 Å². The topological polar surface area (TPSA) is 71.7 Å². The van der Waals surface area contributed by atoms with Crippen molar-refractivity contribution in [2.24, 2.45) is 0 Å². The third kappa shape index (κ3) is 4.22. The summed E-state index contributed by atoms with van der Waals surface area (Å²) in [5.74, 6) is -0.0150. The maximum atomic E-state index is 12.7. The summed E-state index contributed by atoms with van der Waals surface area (Å²) in [6, 6.07) is 7.58. The van der Waals surface area contributed by atoms with Crippen LogP contribution in [0.1, 0.15) is 62.1 Å². The fourth-order valence-corrected chi connectivity index (χ4v) is 3.39. The van der Waals surface area contributed by atoms with E-state index in [-0.39, 0.29) is 24.3 Å². The van der Waals surface area contributed by atoms with Crippen LogP contribution in [0.25, 0.3) is 11.0 Å². The molecule has 0 spiro atoms. The van der Waals surface area contributed by atoms with Gasteiger partial charge in [-0.05, 0) is 32.8 Å². The average Bonchev–Trinajstić information content (AvgIpc) is 2.97. The maximum Gasteiger partial charge on any atom is 0.287 e. The number of hydrogen-bond acceptors (Lipinski definition) is 4. The SMILES string of the molecule is CC(C)OCc1c(C(=O)NCC2(O)CCCCC2)oc2ccccc12. The molecule has 0 atom stereocenters. The van der Waals surface area contributed by atoms with E-state index in [9.17, 15) is 9.90 Å². The van der Waals surface area contributed by atoms with Crippen LogP contribution >= 0.6 is 0 Å². The molecule has 1 aromatic carbocycles. The van der Waals surface area contributed by atoms with Crippen LogP contribution in [0.3, 0.4) is 0 Å². The molecule has 1 heterocycles. The first-order chi connectivity index (χ1) is 12.0. The number of hydrogen-bond donors (Lipinski definition) is 2. The Bertz CT molecular complexity index is 728. The van der Waals surface area contributed by atoms with Crippen molar-refractivity contribution in [1.82, 2.24) is 5.32 Å². The Balaban J connectivity index is 1.78. The molecule has 136 valence electrons. The first kappa shape index (κ1) is 18.0. The monoisotopic (exact) mass is 345 g/mol. The van der Waals surface area contributed by atoms with Crippen LogP contribution < -0.4 is 5.32 Å². The van der Waals surface area contributed by atoms with E-state index in [2.05, 4.69) is 5.32 Å². The predicted octanol–water partition coefficient (Wildman–Crippen LogP) is 3.78. The van der Waals surface area contributed by atoms with Crippen LogP contribution in [0.15, 0.2) is 28.7 Å². The summed E-state index contributed by atoms with van der Waals surface area (Å²) in [5.41, 5.74) is 0.637. The molecule has 2 aromatic rings. The molecule has 0 unspecified atom stereocenters. The Morgan fingerprint density at radius 2 is 2.00 bits per heavy atom. The molecule has 5 nitrogen and oxygen atoms in total. The van der Waals surface area contributed by atoms with Crippen LogP contribution in [0.4, 0.5) is 0 Å². The third-order valence-electron chi connectivity index (χ3n) is 4.83. The molecule has 1 amide bonds. The molecule has 0 saturated heterocycles. The molecule has 1 saturated carbocycles. The van der Waals surface area contributed by atoms with E-state index in [1.165, 1.54) is 0 Å². The summed E-state index contributed by atoms with van der Waals surface area (Å²) in [5, 5.41) is 14.3. The highest BCUT2D eigenvalue weighted by molar-refractivity contribution is 5.99. The largest absolute Gasteiger partial charge is 0.451 e. The summed E-state index contributed by atoms with van der Waals surface area (Å²) in [4.78, 5) is 12.7. The van der Waals surface area contributed by atoms with E-state index < -0.39 is 5.60 Å². The molecule has 1 fully saturated rings. The number of para-hydroxylation sites is 1. The summed E-state index contributed by atoms with van der Waals surface area (Å²) in [6.07, 6.45) is 4.69. The zero-order valence-electron chi connectivity index (χ0n) is 15.0. The highest BCUT2D eigenvalue weighted by Gasteiger charge is 2.30. The number of ether oxygens (including phenoxy) is 1. The highest BCUT2D eigenvalue weighted by atomic mass is 16.5. The molecule has 1 aliphatic rings. The molecular formula is C20H27NO4. The summed E-state index contributed by atoms with van der Waals surface area (Å²) < 4.78 is 11.5. The lowest BCUT2D eigenvalue weighted by atomic mass is 9.85. The van der Waals surface area contributed by atoms with E-state index in [0.717, 1.165) is 43.1 Å². The fourth-order valence-electron chi connectivity index (χ4n) is 3.39. The minimum Gasteiger partial charge on any atom is -0.451 e. The number of amides is 1. The molecule has 1 aromatic heterocycles. The van der Waals surface area contributed by atoms with E-state index in [1.54, 1.807) is 0 Å². The van der Waals surface area contributed by atoms with Crippen LogP contribution in [0.5, 0.6) is 0 Å². The number of nitrogens with one attached hydrogen (secondary N) is 1. The Morgan fingerprint density at radius 3 is 2.72 bits per heavy atom. The Morgan fingerprint density at radius 1 is 1.28 bits per heavy atom. The van der Waals surface area contributed by atoms with E-state index >= 15 is 0 Å². The van der Waals surface area contributed by atoms with Gasteiger partial charge in [-0.2, -0.15) is 0 Å². The van der Waals surface area contributed by atoms with Crippen molar-refractivity contribution >= 4 is 16.9 Å². The number of carbonyl (C=O) groups is 1. The quantitative estimate of drug-likeness (QED) is 0.836. The Labute approximate surface area is 148 Å². The van der Waals surface area contributed by atoms with Gasteiger partial charge < -0.3 is 19.6 Å². The van der Waals surface area contributed by atoms with Crippen molar-refractivity contribution in [3.05, 3.63) is 35.6 Å². The maximum absolute atomic E-state index is 12.7. The molecule has 5 heteroatoms. The van der Waals surface area contributed by atoms with E-state index in [0.29, 0.717) is 12.2 Å². The third-order valence-corrected chi connectivity index (χ3v) is 4.83. The van der Waals surface area contributed by atoms with E-state index in [1.807, 2.05) is 38.1 Å². The predicted molar refractivity (Wildman–Crippen MR) is 96.5 cm³/mol. The van der Waals surface area contributed by atoms with Gasteiger partial charge in [0.2, 0.25) is 0 Å². The fraction of sp³-hybridized carbons (Fsp3) is 0.550. The number of furan rings is 1. The van der Waals surface area contributed by atoms with Crippen molar-refractivity contribution in [3.8, 4) is 0 Å². The first-order valence-electron chi connectivity index (χ1n) is 9.11. The van der Waals surface area contributed by atoms with Gasteiger partial charge in [-0.3, -0.25) is 4.79 Å². The zero-order chi connectivity index (χ0) is 17.9. The van der Waals surface area contributed by atoms with Crippen LogP contribution in [-0.2, 0) is 11.3 Å². The van der Waals surface area contributed by atoms with Crippen molar-refractivity contribution < 1.29 is 19.1 Å². The second kappa shape index (κ2) is 7.58. The highest BCUT2D eigenvalue weighted by Crippen LogP contribution is 2.29. The van der Waals surface area contributed by atoms with Gasteiger partial charge in [-0.1, -0.05) is 37.5 Å². The van der Waals surface area contributed by atoms with Crippen molar-refractivity contribution in [2.75, 3.05) is 6.54 Å². The normalized spacial score (nSPS) is 17.1. The van der Waals surface area contributed by atoms with Gasteiger partial charge in [0, 0.05) is 17.5 Å². The Kier molecular flexibility index (Phi) is 5.45. The minimum absolute atomic E-state index is 0.0625. The lowest BCUT2D eigenvalue weighted by Crippen LogP contribution is -2.44. The molecule has 0 radical (unpaired) electrons. The van der Waals surface area contributed by atoms with Crippen LogP contribution in [0, 0.1) is 0 Å². The van der Waals surface area contributed by atoms with Gasteiger partial charge in [0.05, 0.1) is 18.3 Å². The summed E-state index contributed by atoms with van der Waals surface area (Å²) >= 11 is 0. The second-order valence-corrected chi connectivity index (χ2v) is 7.23. The molecule has 2 N–H and O–H groups in total. The van der Waals surface area contributed by atoms with Crippen molar-refractivity contribution in [3.63, 3.8) is 0 Å². The number of fused-ring (bicyclic) bond motifs is 1. The molecule has 25 heavy (non-hydrogen) atoms. The van der Waals surface area contributed by atoms with Crippen molar-refractivity contribution in [2.45, 2.75) is 64.3 Å². The molecule has 0 aliphatic heterocycles. The Hall–Kier alpha value is -1.85. The summed E-state index contributed by atoms with van der Waals surface area (Å²) in [6.45, 7) is 4.50. The second-order valence-electron chi connectivity index (χ2n) is 7.23. The van der Waals surface area contributed by atoms with Gasteiger partial charge in [0.15, 0.2) is 5.76 Å². The number of benzene rings is 1. The first-order valence-corrected chi connectivity index (χ1v) is 9.11. The average molecular weight is 345 g/mol. The smallest absolute Gasteiger partial charge is 0.287 e. The number of rotatable bonds is 6. The number of carbonyl (C=O) groups excluding carboxylic acids is 1. The van der Waals surface area contributed by atoms with Crippen LogP contribution in [-0.4, -0.2) is 29.3 Å². The van der Waals surface area contributed by atoms with Gasteiger partial charge in [0.25, 0.3) is 5.91 Å². The zero-order valence-corrected chi connectivity index (χ0v) is 15.0. The van der Waals surface area contributed by atoms with Gasteiger partial charge in [-0.25, -0.2) is 0 Å². The molecular weight excluding hydrogens is 318 g/mol. The lowest BCUT2D eigenvalue weighted by molar-refractivity contribution is 0.00498. The molecule has 0 bridgehead atoms. The summed E-state index contributed by atoms with van der Waals surface area (Å²) in [7, 11) is 0. The van der Waals surface area contributed by atoms with Gasteiger partial charge in [-0.15, -0.1) is 0 Å². The van der Waals surface area contributed by atoms with Gasteiger partial charge in [0.1, 0.15) is 5.58 Å². The van der Waals surface area contributed by atoms with Gasteiger partial charge >= 0.3 is 0 Å². The van der Waals surface area contributed by atoms with E-state index in [4.69, 9.17) is 9.15 Å². The number of aliphatic hydroxyl groups is 1. The molecule has 1 aliphatic carbocycles. The standard InChI is InChI=1S/C20H27NO4/c1-14(2)24-12-16-15-8-4-5-9-17(15)25-18(16)19(22)21-13-20(23)10-6-3-7-11-20/h4-5,8-9,14,23H,3,6-7,10-13H2,1-2H3,(H,21,22). The minimum atomic E-state index is -0.797. The van der Waals surface area contributed by atoms with Crippen molar-refractivity contribution in [1.29, 1.82) is 0 Å². The lowest BCUT2D eigenvalue weighted by Gasteiger charge is -2.31. The molecule has 3 rings (SSSR count).